The number of hydrogen-bond donors (Lipinski definition) is 0. The zero-order chi connectivity index (χ0) is 18.5. The fraction of sp³-hybridized carbons (Fsp3) is 0.588. The van der Waals surface area contributed by atoms with Crippen molar-refractivity contribution in [3.05, 3.63) is 28.8 Å². The Bertz CT molecular complexity index is 673. The molecule has 0 saturated carbocycles. The van der Waals surface area contributed by atoms with E-state index in [1.54, 1.807) is 17.0 Å². The molecule has 1 amide bonds. The summed E-state index contributed by atoms with van der Waals surface area (Å²) in [6, 6.07) is 4.75. The highest BCUT2D eigenvalue weighted by Crippen LogP contribution is 2.27. The van der Waals surface area contributed by atoms with Gasteiger partial charge < -0.3 is 9.08 Å². The van der Waals surface area contributed by atoms with Gasteiger partial charge in [0.25, 0.3) is 0 Å². The van der Waals surface area contributed by atoms with Crippen molar-refractivity contribution in [3.8, 4) is 5.75 Å². The maximum absolute atomic E-state index is 12.6. The number of benzene rings is 1. The topological polar surface area (TPSA) is 63.7 Å². The van der Waals surface area contributed by atoms with Crippen LogP contribution in [0.1, 0.15) is 46.1 Å². The first kappa shape index (κ1) is 20.8. The molecule has 0 heterocycles. The first-order chi connectivity index (χ1) is 11.0. The highest BCUT2D eigenvalue weighted by atomic mass is 35.5. The summed E-state index contributed by atoms with van der Waals surface area (Å²) in [6.07, 6.45) is 2.22. The molecule has 1 atom stereocenters. The van der Waals surface area contributed by atoms with Crippen molar-refractivity contribution >= 4 is 27.6 Å². The van der Waals surface area contributed by atoms with Gasteiger partial charge >= 0.3 is 10.1 Å². The van der Waals surface area contributed by atoms with Crippen LogP contribution in [0.3, 0.4) is 0 Å². The molecule has 0 aliphatic carbocycles. The normalized spacial score (nSPS) is 13.0. The maximum Gasteiger partial charge on any atom is 0.306 e. The van der Waals surface area contributed by atoms with E-state index in [1.165, 1.54) is 6.07 Å². The molecule has 0 aromatic heterocycles. The minimum absolute atomic E-state index is 0.0290. The minimum Gasteiger partial charge on any atom is -0.382 e. The van der Waals surface area contributed by atoms with Crippen LogP contribution in [0.5, 0.6) is 5.75 Å². The second-order valence-corrected chi connectivity index (χ2v) is 8.43. The average Bonchev–Trinajstić information content (AvgIpc) is 2.44. The molecule has 1 aromatic carbocycles. The molecule has 7 heteroatoms. The van der Waals surface area contributed by atoms with E-state index in [1.807, 2.05) is 27.7 Å². The van der Waals surface area contributed by atoms with Gasteiger partial charge in [0.05, 0.1) is 6.26 Å². The Hall–Kier alpha value is -1.27. The third-order valence-corrected chi connectivity index (χ3v) is 4.35. The molecule has 0 fully saturated rings. The predicted octanol–water partition coefficient (Wildman–Crippen LogP) is 3.85. The minimum atomic E-state index is -3.66. The summed E-state index contributed by atoms with van der Waals surface area (Å²) < 4.78 is 28.0. The SMILES string of the molecule is CC[C@H](C)N(Cc1cc(Cl)ccc1OS(C)(=O)=O)C(=O)CC(C)C. The van der Waals surface area contributed by atoms with E-state index in [0.29, 0.717) is 17.0 Å². The first-order valence-electron chi connectivity index (χ1n) is 8.00. The van der Waals surface area contributed by atoms with E-state index in [-0.39, 0.29) is 30.2 Å². The van der Waals surface area contributed by atoms with Crippen molar-refractivity contribution < 1.29 is 17.4 Å². The van der Waals surface area contributed by atoms with Gasteiger partial charge in [0, 0.05) is 29.6 Å². The summed E-state index contributed by atoms with van der Waals surface area (Å²) >= 11 is 6.04. The van der Waals surface area contributed by atoms with E-state index in [9.17, 15) is 13.2 Å². The highest BCUT2D eigenvalue weighted by Gasteiger charge is 2.22. The zero-order valence-corrected chi connectivity index (χ0v) is 16.4. The van der Waals surface area contributed by atoms with E-state index >= 15 is 0 Å². The fourth-order valence-corrected chi connectivity index (χ4v) is 2.96. The molecular formula is C17H26ClNO4S. The van der Waals surface area contributed by atoms with Gasteiger partial charge in [-0.3, -0.25) is 4.79 Å². The van der Waals surface area contributed by atoms with Crippen LogP contribution in [-0.4, -0.2) is 31.5 Å². The summed E-state index contributed by atoms with van der Waals surface area (Å²) in [5.74, 6) is 0.479. The molecular weight excluding hydrogens is 350 g/mol. The van der Waals surface area contributed by atoms with Gasteiger partial charge in [-0.2, -0.15) is 8.42 Å². The number of carbonyl (C=O) groups excluding carboxylic acids is 1. The molecule has 0 bridgehead atoms. The van der Waals surface area contributed by atoms with Crippen molar-refractivity contribution in [2.24, 2.45) is 5.92 Å². The summed E-state index contributed by atoms with van der Waals surface area (Å²) in [5, 5.41) is 0.464. The standard InChI is InChI=1S/C17H26ClNO4S/c1-6-13(4)19(17(20)9-12(2)3)11-14-10-15(18)7-8-16(14)23-24(5,21)22/h7-8,10,12-13H,6,9,11H2,1-5H3/t13-/m0/s1. The van der Waals surface area contributed by atoms with Gasteiger partial charge in [-0.05, 0) is 37.5 Å². The Morgan fingerprint density at radius 3 is 2.42 bits per heavy atom. The number of rotatable bonds is 8. The summed E-state index contributed by atoms with van der Waals surface area (Å²) in [7, 11) is -3.66. The summed E-state index contributed by atoms with van der Waals surface area (Å²) in [4.78, 5) is 14.3. The molecule has 24 heavy (non-hydrogen) atoms. The molecule has 0 aliphatic heterocycles. The van der Waals surface area contributed by atoms with Crippen LogP contribution in [-0.2, 0) is 21.5 Å². The predicted molar refractivity (Wildman–Crippen MR) is 96.7 cm³/mol. The molecule has 0 radical (unpaired) electrons. The third kappa shape index (κ3) is 6.69. The Morgan fingerprint density at radius 2 is 1.92 bits per heavy atom. The van der Waals surface area contributed by atoms with Gasteiger partial charge in [-0.1, -0.05) is 32.4 Å². The number of carbonyl (C=O) groups is 1. The van der Waals surface area contributed by atoms with Crippen LogP contribution in [0.4, 0.5) is 0 Å². The molecule has 0 spiro atoms. The van der Waals surface area contributed by atoms with Crippen LogP contribution in [0.15, 0.2) is 18.2 Å². The monoisotopic (exact) mass is 375 g/mol. The van der Waals surface area contributed by atoms with E-state index in [4.69, 9.17) is 15.8 Å². The van der Waals surface area contributed by atoms with Crippen LogP contribution in [0.2, 0.25) is 5.02 Å². The largest absolute Gasteiger partial charge is 0.382 e. The molecule has 0 aliphatic rings. The van der Waals surface area contributed by atoms with E-state index in [2.05, 4.69) is 0 Å². The molecule has 0 N–H and O–H groups in total. The Balaban J connectivity index is 3.17. The number of halogens is 1. The van der Waals surface area contributed by atoms with Crippen molar-refractivity contribution in [1.29, 1.82) is 0 Å². The Labute approximate surface area is 150 Å². The highest BCUT2D eigenvalue weighted by molar-refractivity contribution is 7.86. The average molecular weight is 376 g/mol. The van der Waals surface area contributed by atoms with Gasteiger partial charge in [-0.25, -0.2) is 0 Å². The quantitative estimate of drug-likeness (QED) is 0.647. The molecule has 1 aromatic rings. The summed E-state index contributed by atoms with van der Waals surface area (Å²) in [5.41, 5.74) is 0.574. The van der Waals surface area contributed by atoms with Crippen LogP contribution < -0.4 is 4.18 Å². The van der Waals surface area contributed by atoms with E-state index < -0.39 is 10.1 Å². The smallest absolute Gasteiger partial charge is 0.306 e. The summed E-state index contributed by atoms with van der Waals surface area (Å²) in [6.45, 7) is 8.21. The van der Waals surface area contributed by atoms with Gasteiger partial charge in [0.15, 0.2) is 0 Å². The zero-order valence-electron chi connectivity index (χ0n) is 14.9. The lowest BCUT2D eigenvalue weighted by Gasteiger charge is -2.30. The Morgan fingerprint density at radius 1 is 1.29 bits per heavy atom. The maximum atomic E-state index is 12.6. The number of amides is 1. The molecule has 0 unspecified atom stereocenters. The van der Waals surface area contributed by atoms with Gasteiger partial charge in [0.2, 0.25) is 5.91 Å². The lowest BCUT2D eigenvalue weighted by atomic mass is 10.1. The van der Waals surface area contributed by atoms with Crippen molar-refractivity contribution in [3.63, 3.8) is 0 Å². The third-order valence-electron chi connectivity index (χ3n) is 3.63. The number of hydrogen-bond acceptors (Lipinski definition) is 4. The molecule has 1 rings (SSSR count). The van der Waals surface area contributed by atoms with Crippen LogP contribution in [0.25, 0.3) is 0 Å². The van der Waals surface area contributed by atoms with E-state index in [0.717, 1.165) is 12.7 Å². The molecule has 5 nitrogen and oxygen atoms in total. The lowest BCUT2D eigenvalue weighted by molar-refractivity contribution is -0.134. The van der Waals surface area contributed by atoms with Crippen LogP contribution in [0, 0.1) is 5.92 Å². The second-order valence-electron chi connectivity index (χ2n) is 6.42. The van der Waals surface area contributed by atoms with Crippen molar-refractivity contribution in [2.75, 3.05) is 6.26 Å². The Kier molecular flexibility index (Phi) is 7.55. The molecule has 0 saturated heterocycles. The number of nitrogens with zero attached hydrogens (tertiary/aromatic N) is 1. The lowest BCUT2D eigenvalue weighted by Crippen LogP contribution is -2.38. The molecule has 136 valence electrons. The van der Waals surface area contributed by atoms with Gasteiger partial charge in [-0.15, -0.1) is 0 Å². The van der Waals surface area contributed by atoms with Crippen LogP contribution >= 0.6 is 11.6 Å². The first-order valence-corrected chi connectivity index (χ1v) is 10.2. The van der Waals surface area contributed by atoms with Gasteiger partial charge in [0.1, 0.15) is 5.75 Å². The van der Waals surface area contributed by atoms with Crippen molar-refractivity contribution in [1.82, 2.24) is 4.90 Å². The second kappa shape index (κ2) is 8.72. The van der Waals surface area contributed by atoms with Crippen molar-refractivity contribution in [2.45, 2.75) is 53.1 Å². The fourth-order valence-electron chi connectivity index (χ4n) is 2.28.